The van der Waals surface area contributed by atoms with Crippen LogP contribution in [0.1, 0.15) is 15.9 Å². The van der Waals surface area contributed by atoms with Crippen LogP contribution in [0.4, 0.5) is 5.69 Å². The van der Waals surface area contributed by atoms with Crippen molar-refractivity contribution in [3.05, 3.63) is 64.7 Å². The Labute approximate surface area is 132 Å². The van der Waals surface area contributed by atoms with Crippen LogP contribution in [0.2, 0.25) is 5.02 Å². The fourth-order valence-corrected chi connectivity index (χ4v) is 2.68. The Morgan fingerprint density at radius 1 is 1.09 bits per heavy atom. The molecule has 1 amide bonds. The highest BCUT2D eigenvalue weighted by atomic mass is 35.5. The second kappa shape index (κ2) is 5.73. The number of amides is 1. The van der Waals surface area contributed by atoms with Gasteiger partial charge >= 0.3 is 0 Å². The van der Waals surface area contributed by atoms with Crippen LogP contribution >= 0.6 is 11.6 Å². The van der Waals surface area contributed by atoms with Gasteiger partial charge in [0, 0.05) is 17.0 Å². The molecule has 22 heavy (non-hydrogen) atoms. The molecule has 0 fully saturated rings. The van der Waals surface area contributed by atoms with E-state index in [1.165, 1.54) is 12.1 Å². The summed E-state index contributed by atoms with van der Waals surface area (Å²) in [6.07, 6.45) is 0.0492. The van der Waals surface area contributed by atoms with E-state index in [1.807, 2.05) is 18.2 Å². The van der Waals surface area contributed by atoms with Gasteiger partial charge in [-0.1, -0.05) is 41.9 Å². The van der Waals surface area contributed by atoms with Crippen molar-refractivity contribution in [2.75, 3.05) is 5.32 Å². The number of hydrogen-bond donors (Lipinski definition) is 1. The van der Waals surface area contributed by atoms with Crippen LogP contribution in [0.3, 0.4) is 0 Å². The van der Waals surface area contributed by atoms with Crippen molar-refractivity contribution in [3.8, 4) is 0 Å². The second-order valence-corrected chi connectivity index (χ2v) is 5.54. The van der Waals surface area contributed by atoms with Crippen molar-refractivity contribution in [3.63, 3.8) is 0 Å². The first-order valence-electron chi connectivity index (χ1n) is 6.77. The summed E-state index contributed by atoms with van der Waals surface area (Å²) in [5, 5.41) is 3.00. The summed E-state index contributed by atoms with van der Waals surface area (Å²) >= 11 is 5.85. The maximum Gasteiger partial charge on any atom is 0.242 e. The van der Waals surface area contributed by atoms with Crippen LogP contribution in [-0.4, -0.2) is 17.5 Å². The van der Waals surface area contributed by atoms with E-state index in [2.05, 4.69) is 5.32 Å². The second-order valence-electron chi connectivity index (χ2n) is 5.11. The Kier molecular flexibility index (Phi) is 3.77. The summed E-state index contributed by atoms with van der Waals surface area (Å²) in [6, 6.07) is 13.6. The minimum absolute atomic E-state index is 0.0492. The van der Waals surface area contributed by atoms with E-state index in [0.29, 0.717) is 16.3 Å². The lowest BCUT2D eigenvalue weighted by Crippen LogP contribution is -2.41. The molecular weight excluding hydrogens is 302 g/mol. The van der Waals surface area contributed by atoms with Gasteiger partial charge in [-0.25, -0.2) is 0 Å². The molecule has 2 aromatic rings. The molecule has 1 atom stereocenters. The van der Waals surface area contributed by atoms with Crippen molar-refractivity contribution < 1.29 is 14.4 Å². The van der Waals surface area contributed by atoms with Crippen molar-refractivity contribution in [2.45, 2.75) is 6.42 Å². The topological polar surface area (TPSA) is 63.2 Å². The van der Waals surface area contributed by atoms with Crippen LogP contribution < -0.4 is 5.32 Å². The van der Waals surface area contributed by atoms with Gasteiger partial charge in [-0.2, -0.15) is 0 Å². The van der Waals surface area contributed by atoms with Crippen LogP contribution in [0.5, 0.6) is 0 Å². The molecule has 0 saturated heterocycles. The average molecular weight is 314 g/mol. The van der Waals surface area contributed by atoms with Gasteiger partial charge in [0.05, 0.1) is 5.69 Å². The average Bonchev–Trinajstić information content (AvgIpc) is 2.47. The van der Waals surface area contributed by atoms with Gasteiger partial charge in [0.1, 0.15) is 0 Å². The number of rotatable bonds is 3. The Balaban J connectivity index is 1.88. The third kappa shape index (κ3) is 2.65. The number of nitrogens with one attached hydrogen (secondary N) is 1. The molecule has 1 aliphatic heterocycles. The lowest BCUT2D eigenvalue weighted by atomic mass is 9.86. The van der Waals surface area contributed by atoms with Gasteiger partial charge in [-0.15, -0.1) is 0 Å². The SMILES string of the molecule is O=C(Cc1ccccc1)C1C(=O)Nc2cc(Cl)ccc2C1=O. The van der Waals surface area contributed by atoms with E-state index in [0.717, 1.165) is 5.56 Å². The maximum absolute atomic E-state index is 12.4. The number of anilines is 1. The van der Waals surface area contributed by atoms with Gasteiger partial charge in [-0.05, 0) is 23.8 Å². The van der Waals surface area contributed by atoms with Gasteiger partial charge < -0.3 is 5.32 Å². The summed E-state index contributed by atoms with van der Waals surface area (Å²) in [6.45, 7) is 0. The van der Waals surface area contributed by atoms with E-state index in [-0.39, 0.29) is 6.42 Å². The standard InChI is InChI=1S/C17H12ClNO3/c18-11-6-7-12-13(9-11)19-17(22)15(16(12)21)14(20)8-10-4-2-1-3-5-10/h1-7,9,15H,8H2,(H,19,22). The van der Waals surface area contributed by atoms with E-state index in [1.54, 1.807) is 18.2 Å². The summed E-state index contributed by atoms with van der Waals surface area (Å²) in [4.78, 5) is 36.9. The first-order valence-corrected chi connectivity index (χ1v) is 7.15. The van der Waals surface area contributed by atoms with Crippen LogP contribution in [-0.2, 0) is 16.0 Å². The first-order chi connectivity index (χ1) is 10.6. The summed E-state index contributed by atoms with van der Waals surface area (Å²) in [7, 11) is 0. The van der Waals surface area contributed by atoms with Crippen molar-refractivity contribution in [1.29, 1.82) is 0 Å². The number of hydrogen-bond acceptors (Lipinski definition) is 3. The van der Waals surface area contributed by atoms with Crippen molar-refractivity contribution >= 4 is 34.8 Å². The Bertz CT molecular complexity index is 771. The Morgan fingerprint density at radius 2 is 1.82 bits per heavy atom. The Morgan fingerprint density at radius 3 is 2.55 bits per heavy atom. The molecule has 0 aliphatic carbocycles. The minimum Gasteiger partial charge on any atom is -0.324 e. The van der Waals surface area contributed by atoms with Crippen molar-refractivity contribution in [1.82, 2.24) is 0 Å². The van der Waals surface area contributed by atoms with Gasteiger partial charge in [0.2, 0.25) is 5.91 Å². The van der Waals surface area contributed by atoms with Crippen LogP contribution in [0, 0.1) is 5.92 Å². The van der Waals surface area contributed by atoms with Gasteiger partial charge in [0.15, 0.2) is 17.5 Å². The molecule has 4 nitrogen and oxygen atoms in total. The van der Waals surface area contributed by atoms with Crippen molar-refractivity contribution in [2.24, 2.45) is 5.92 Å². The molecule has 1 aliphatic rings. The van der Waals surface area contributed by atoms with Gasteiger partial charge in [0.25, 0.3) is 0 Å². The van der Waals surface area contributed by atoms with Crippen LogP contribution in [0.15, 0.2) is 48.5 Å². The highest BCUT2D eigenvalue weighted by Gasteiger charge is 2.39. The highest BCUT2D eigenvalue weighted by molar-refractivity contribution is 6.33. The third-order valence-corrected chi connectivity index (χ3v) is 3.81. The number of Topliss-reactive ketones (excluding diaryl/α,β-unsaturated/α-hetero) is 2. The number of carbonyl (C=O) groups excluding carboxylic acids is 3. The molecule has 2 aromatic carbocycles. The minimum atomic E-state index is -1.30. The summed E-state index contributed by atoms with van der Waals surface area (Å²) < 4.78 is 0. The molecular formula is C17H12ClNO3. The largest absolute Gasteiger partial charge is 0.324 e. The number of benzene rings is 2. The molecule has 3 rings (SSSR count). The molecule has 0 aromatic heterocycles. The summed E-state index contributed by atoms with van der Waals surface area (Å²) in [5.41, 5.74) is 1.44. The molecule has 0 saturated carbocycles. The molecule has 0 radical (unpaired) electrons. The molecule has 1 heterocycles. The van der Waals surface area contributed by atoms with E-state index in [4.69, 9.17) is 11.6 Å². The molecule has 5 heteroatoms. The lowest BCUT2D eigenvalue weighted by molar-refractivity contribution is -0.128. The summed E-state index contributed by atoms with van der Waals surface area (Å²) in [5.74, 6) is -2.78. The molecule has 110 valence electrons. The number of fused-ring (bicyclic) bond motifs is 1. The third-order valence-electron chi connectivity index (χ3n) is 3.57. The molecule has 0 bridgehead atoms. The molecule has 1 N–H and O–H groups in total. The van der Waals surface area contributed by atoms with Crippen LogP contribution in [0.25, 0.3) is 0 Å². The normalized spacial score (nSPS) is 16.9. The smallest absolute Gasteiger partial charge is 0.242 e. The quantitative estimate of drug-likeness (QED) is 0.886. The van der Waals surface area contributed by atoms with E-state index >= 15 is 0 Å². The fraction of sp³-hybridized carbons (Fsp3) is 0.118. The molecule has 0 spiro atoms. The zero-order chi connectivity index (χ0) is 15.7. The zero-order valence-corrected chi connectivity index (χ0v) is 12.3. The Hall–Kier alpha value is -2.46. The predicted octanol–water partition coefficient (Wildman–Crippen LogP) is 2.90. The lowest BCUT2D eigenvalue weighted by Gasteiger charge is -2.22. The monoisotopic (exact) mass is 313 g/mol. The number of carbonyl (C=O) groups is 3. The van der Waals surface area contributed by atoms with E-state index in [9.17, 15) is 14.4 Å². The van der Waals surface area contributed by atoms with E-state index < -0.39 is 23.4 Å². The fourth-order valence-electron chi connectivity index (χ4n) is 2.51. The molecule has 1 unspecified atom stereocenters. The maximum atomic E-state index is 12.4. The highest BCUT2D eigenvalue weighted by Crippen LogP contribution is 2.29. The number of halogens is 1. The van der Waals surface area contributed by atoms with Gasteiger partial charge in [-0.3, -0.25) is 14.4 Å². The zero-order valence-electron chi connectivity index (χ0n) is 11.5. The predicted molar refractivity (Wildman–Crippen MR) is 83.1 cm³/mol. The number of ketones is 2. The first kappa shape index (κ1) is 14.5.